The van der Waals surface area contributed by atoms with Crippen LogP contribution in [0.25, 0.3) is 22.3 Å². The van der Waals surface area contributed by atoms with E-state index in [1.54, 1.807) is 43.5 Å². The number of fused-ring (bicyclic) bond motifs is 1. The van der Waals surface area contributed by atoms with Gasteiger partial charge in [-0.1, -0.05) is 30.9 Å². The van der Waals surface area contributed by atoms with Crippen molar-refractivity contribution in [2.45, 2.75) is 45.1 Å². The van der Waals surface area contributed by atoms with E-state index in [9.17, 15) is 9.59 Å². The van der Waals surface area contributed by atoms with E-state index in [0.717, 1.165) is 31.2 Å². The molecule has 0 saturated heterocycles. The van der Waals surface area contributed by atoms with Crippen molar-refractivity contribution in [1.82, 2.24) is 5.32 Å². The lowest BCUT2D eigenvalue weighted by Gasteiger charge is -2.22. The molecule has 0 radical (unpaired) electrons. The Morgan fingerprint density at radius 2 is 1.84 bits per heavy atom. The Hall–Kier alpha value is -3.28. The van der Waals surface area contributed by atoms with E-state index in [1.807, 2.05) is 13.0 Å². The van der Waals surface area contributed by atoms with Gasteiger partial charge in [0.15, 0.2) is 12.4 Å². The number of hydrogen-bond donors (Lipinski definition) is 1. The number of nitrogens with one attached hydrogen (secondary N) is 1. The highest BCUT2D eigenvalue weighted by molar-refractivity contribution is 5.83. The van der Waals surface area contributed by atoms with Gasteiger partial charge in [-0.25, -0.2) is 0 Å². The van der Waals surface area contributed by atoms with Crippen LogP contribution >= 0.6 is 0 Å². The first-order valence-electron chi connectivity index (χ1n) is 10.7. The minimum absolute atomic E-state index is 0.0436. The van der Waals surface area contributed by atoms with Gasteiger partial charge >= 0.3 is 0 Å². The SMILES string of the molecule is COc1ccc(-c2oc3ccc(C)cc3c(=O)c2OCC(=O)NC2CCCCC2)cc1. The van der Waals surface area contributed by atoms with E-state index in [4.69, 9.17) is 13.9 Å². The number of carbonyl (C=O) groups excluding carboxylic acids is 1. The zero-order valence-electron chi connectivity index (χ0n) is 17.9. The molecule has 6 nitrogen and oxygen atoms in total. The van der Waals surface area contributed by atoms with Crippen LogP contribution in [0.1, 0.15) is 37.7 Å². The summed E-state index contributed by atoms with van der Waals surface area (Å²) in [5.41, 5.74) is 1.79. The zero-order valence-corrected chi connectivity index (χ0v) is 17.9. The zero-order chi connectivity index (χ0) is 21.8. The number of hydrogen-bond acceptors (Lipinski definition) is 5. The van der Waals surface area contributed by atoms with E-state index in [0.29, 0.717) is 28.0 Å². The molecule has 1 aliphatic rings. The lowest BCUT2D eigenvalue weighted by molar-refractivity contribution is -0.124. The molecule has 1 amide bonds. The number of aryl methyl sites for hydroxylation is 1. The fraction of sp³-hybridized carbons (Fsp3) is 0.360. The minimum atomic E-state index is -0.291. The van der Waals surface area contributed by atoms with E-state index < -0.39 is 0 Å². The summed E-state index contributed by atoms with van der Waals surface area (Å²) in [4.78, 5) is 25.7. The van der Waals surface area contributed by atoms with Gasteiger partial charge in [0.2, 0.25) is 11.2 Å². The van der Waals surface area contributed by atoms with E-state index in [1.165, 1.54) is 6.42 Å². The molecule has 6 heteroatoms. The average Bonchev–Trinajstić information content (AvgIpc) is 2.79. The molecule has 1 aromatic heterocycles. The number of carbonyl (C=O) groups is 1. The molecule has 0 aliphatic heterocycles. The molecule has 0 atom stereocenters. The fourth-order valence-electron chi connectivity index (χ4n) is 4.01. The molecule has 1 N–H and O–H groups in total. The molecule has 162 valence electrons. The maximum atomic E-state index is 13.3. The van der Waals surface area contributed by atoms with Crippen molar-refractivity contribution < 1.29 is 18.7 Å². The standard InChI is InChI=1S/C25H27NO5/c1-16-8-13-21-20(14-16)23(28)25(24(31-21)17-9-11-19(29-2)12-10-17)30-15-22(27)26-18-6-4-3-5-7-18/h8-14,18H,3-7,15H2,1-2H3,(H,26,27). The highest BCUT2D eigenvalue weighted by Gasteiger charge is 2.21. The number of amides is 1. The van der Waals surface area contributed by atoms with Crippen molar-refractivity contribution in [2.24, 2.45) is 0 Å². The molecule has 4 rings (SSSR count). The third kappa shape index (κ3) is 4.74. The Morgan fingerprint density at radius 3 is 2.55 bits per heavy atom. The van der Waals surface area contributed by atoms with Crippen LogP contribution in [-0.2, 0) is 4.79 Å². The first-order valence-corrected chi connectivity index (χ1v) is 10.7. The fourth-order valence-corrected chi connectivity index (χ4v) is 4.01. The topological polar surface area (TPSA) is 77.8 Å². The Labute approximate surface area is 181 Å². The second kappa shape index (κ2) is 9.25. The van der Waals surface area contributed by atoms with E-state index in [2.05, 4.69) is 5.32 Å². The summed E-state index contributed by atoms with van der Waals surface area (Å²) in [5, 5.41) is 3.45. The van der Waals surface area contributed by atoms with Crippen molar-refractivity contribution in [2.75, 3.05) is 13.7 Å². The molecular formula is C25H27NO5. The van der Waals surface area contributed by atoms with Crippen LogP contribution in [0.3, 0.4) is 0 Å². The van der Waals surface area contributed by atoms with Gasteiger partial charge in [0.1, 0.15) is 11.3 Å². The van der Waals surface area contributed by atoms with Gasteiger partial charge in [-0.15, -0.1) is 0 Å². The Kier molecular flexibility index (Phi) is 6.26. The molecule has 0 spiro atoms. The van der Waals surface area contributed by atoms with Crippen molar-refractivity contribution >= 4 is 16.9 Å². The number of methoxy groups -OCH3 is 1. The second-order valence-corrected chi connectivity index (χ2v) is 8.01. The van der Waals surface area contributed by atoms with Gasteiger partial charge in [-0.3, -0.25) is 9.59 Å². The third-order valence-corrected chi connectivity index (χ3v) is 5.67. The highest BCUT2D eigenvalue weighted by atomic mass is 16.5. The Morgan fingerprint density at radius 1 is 1.10 bits per heavy atom. The van der Waals surface area contributed by atoms with Crippen LogP contribution in [-0.4, -0.2) is 25.7 Å². The monoisotopic (exact) mass is 421 g/mol. The summed E-state index contributed by atoms with van der Waals surface area (Å²) in [7, 11) is 1.59. The summed E-state index contributed by atoms with van der Waals surface area (Å²) in [5.74, 6) is 0.810. The first-order chi connectivity index (χ1) is 15.0. The molecule has 0 bridgehead atoms. The molecule has 3 aromatic rings. The molecule has 1 saturated carbocycles. The van der Waals surface area contributed by atoms with Crippen molar-refractivity contribution in [3.63, 3.8) is 0 Å². The van der Waals surface area contributed by atoms with Gasteiger partial charge in [0.05, 0.1) is 12.5 Å². The van der Waals surface area contributed by atoms with Crippen LogP contribution < -0.4 is 20.2 Å². The van der Waals surface area contributed by atoms with Gasteiger partial charge in [-0.2, -0.15) is 0 Å². The molecule has 2 aromatic carbocycles. The maximum absolute atomic E-state index is 13.3. The van der Waals surface area contributed by atoms with Crippen LogP contribution in [0, 0.1) is 6.92 Å². The van der Waals surface area contributed by atoms with E-state index >= 15 is 0 Å². The maximum Gasteiger partial charge on any atom is 0.258 e. The predicted molar refractivity (Wildman–Crippen MR) is 120 cm³/mol. The lowest BCUT2D eigenvalue weighted by atomic mass is 9.95. The van der Waals surface area contributed by atoms with E-state index in [-0.39, 0.29) is 29.7 Å². The number of benzene rings is 2. The summed E-state index contributed by atoms with van der Waals surface area (Å²) in [6, 6.07) is 12.8. The third-order valence-electron chi connectivity index (χ3n) is 5.67. The number of rotatable bonds is 6. The molecular weight excluding hydrogens is 394 g/mol. The molecule has 1 fully saturated rings. The summed E-state index contributed by atoms with van der Waals surface area (Å²) in [6.07, 6.45) is 5.44. The summed E-state index contributed by atoms with van der Waals surface area (Å²) < 4.78 is 17.1. The average molecular weight is 421 g/mol. The van der Waals surface area contributed by atoms with Gasteiger partial charge in [0.25, 0.3) is 5.91 Å². The van der Waals surface area contributed by atoms with Crippen molar-refractivity contribution in [3.05, 3.63) is 58.3 Å². The second-order valence-electron chi connectivity index (χ2n) is 8.01. The molecule has 0 unspecified atom stereocenters. The summed E-state index contributed by atoms with van der Waals surface area (Å²) in [6.45, 7) is 1.68. The Balaban J connectivity index is 1.66. The van der Waals surface area contributed by atoms with Gasteiger partial charge in [-0.05, 0) is 56.2 Å². The molecule has 1 aliphatic carbocycles. The van der Waals surface area contributed by atoms with Crippen LogP contribution in [0.4, 0.5) is 0 Å². The van der Waals surface area contributed by atoms with Crippen molar-refractivity contribution in [3.8, 4) is 22.8 Å². The van der Waals surface area contributed by atoms with Crippen molar-refractivity contribution in [1.29, 1.82) is 0 Å². The highest BCUT2D eigenvalue weighted by Crippen LogP contribution is 2.32. The smallest absolute Gasteiger partial charge is 0.258 e. The predicted octanol–water partition coefficient (Wildman–Crippen LogP) is 4.60. The van der Waals surface area contributed by atoms with Crippen LogP contribution in [0.15, 0.2) is 51.7 Å². The van der Waals surface area contributed by atoms with Gasteiger partial charge in [0, 0.05) is 11.6 Å². The van der Waals surface area contributed by atoms with Gasteiger partial charge < -0.3 is 19.2 Å². The number of ether oxygens (including phenoxy) is 2. The lowest BCUT2D eigenvalue weighted by Crippen LogP contribution is -2.39. The van der Waals surface area contributed by atoms with Crippen LogP contribution in [0.5, 0.6) is 11.5 Å². The Bertz CT molecular complexity index is 1130. The molecule has 1 heterocycles. The minimum Gasteiger partial charge on any atom is -0.497 e. The molecule has 31 heavy (non-hydrogen) atoms. The summed E-state index contributed by atoms with van der Waals surface area (Å²) >= 11 is 0. The normalized spacial score (nSPS) is 14.4. The first kappa shape index (κ1) is 21.0. The quantitative estimate of drug-likeness (QED) is 0.629. The van der Waals surface area contributed by atoms with Crippen LogP contribution in [0.2, 0.25) is 0 Å². The largest absolute Gasteiger partial charge is 0.497 e.